The summed E-state index contributed by atoms with van der Waals surface area (Å²) >= 11 is 6.19. The zero-order chi connectivity index (χ0) is 22.2. The van der Waals surface area contributed by atoms with Crippen LogP contribution in [0.3, 0.4) is 0 Å². The summed E-state index contributed by atoms with van der Waals surface area (Å²) in [6.07, 6.45) is 3.16. The lowest BCUT2D eigenvalue weighted by Crippen LogP contribution is -2.41. The second-order valence-electron chi connectivity index (χ2n) is 7.88. The van der Waals surface area contributed by atoms with Crippen LogP contribution in [-0.2, 0) is 14.6 Å². The van der Waals surface area contributed by atoms with Crippen molar-refractivity contribution in [1.29, 1.82) is 0 Å². The monoisotopic (exact) mass is 460 g/mol. The number of likely N-dealkylation sites (tertiary alicyclic amines) is 1. The maximum absolute atomic E-state index is 13.4. The molecule has 31 heavy (non-hydrogen) atoms. The molecule has 1 fully saturated rings. The van der Waals surface area contributed by atoms with Crippen LogP contribution in [0, 0.1) is 5.92 Å². The molecule has 2 aliphatic rings. The van der Waals surface area contributed by atoms with Crippen molar-refractivity contribution < 1.29 is 17.9 Å². The Morgan fingerprint density at radius 1 is 1.13 bits per heavy atom. The highest BCUT2D eigenvalue weighted by Crippen LogP contribution is 2.41. The number of anilines is 2. The number of carbonyl (C=O) groups excluding carboxylic acids is 1. The van der Waals surface area contributed by atoms with Crippen LogP contribution < -0.4 is 9.64 Å². The molecule has 6 nitrogen and oxygen atoms in total. The number of rotatable bonds is 4. The SMILES string of the molecule is CCOc1ccc(N2C=C(C(=O)N3CCC(C)CC3)S(=O)(=O)c3ccc(Cl)cc32)cc1. The van der Waals surface area contributed by atoms with Gasteiger partial charge in [0.1, 0.15) is 5.75 Å². The summed E-state index contributed by atoms with van der Waals surface area (Å²) in [7, 11) is -3.97. The largest absolute Gasteiger partial charge is 0.494 e. The van der Waals surface area contributed by atoms with Gasteiger partial charge in [-0.3, -0.25) is 4.79 Å². The number of benzene rings is 2. The van der Waals surface area contributed by atoms with Crippen LogP contribution in [0.2, 0.25) is 5.02 Å². The van der Waals surface area contributed by atoms with Gasteiger partial charge in [-0.1, -0.05) is 18.5 Å². The zero-order valence-corrected chi connectivity index (χ0v) is 19.1. The third-order valence-electron chi connectivity index (χ3n) is 5.71. The van der Waals surface area contributed by atoms with E-state index in [1.807, 2.05) is 31.2 Å². The second-order valence-corrected chi connectivity index (χ2v) is 10.2. The van der Waals surface area contributed by atoms with Gasteiger partial charge in [0.05, 0.1) is 17.2 Å². The van der Waals surface area contributed by atoms with Crippen LogP contribution >= 0.6 is 11.6 Å². The first-order valence-electron chi connectivity index (χ1n) is 10.4. The number of ether oxygens (including phenoxy) is 1. The molecule has 1 amide bonds. The van der Waals surface area contributed by atoms with Gasteiger partial charge in [0.15, 0.2) is 4.91 Å². The molecule has 0 unspecified atom stereocenters. The van der Waals surface area contributed by atoms with E-state index in [2.05, 4.69) is 6.92 Å². The van der Waals surface area contributed by atoms with Crippen LogP contribution in [-0.4, -0.2) is 38.9 Å². The summed E-state index contributed by atoms with van der Waals surface area (Å²) < 4.78 is 32.3. The Morgan fingerprint density at radius 2 is 1.81 bits per heavy atom. The van der Waals surface area contributed by atoms with Gasteiger partial charge in [-0.2, -0.15) is 0 Å². The number of sulfone groups is 1. The Bertz CT molecular complexity index is 1120. The third-order valence-corrected chi connectivity index (χ3v) is 7.73. The van der Waals surface area contributed by atoms with E-state index in [1.165, 1.54) is 18.3 Å². The van der Waals surface area contributed by atoms with Crippen molar-refractivity contribution in [2.45, 2.75) is 31.6 Å². The molecule has 2 aromatic carbocycles. The standard InChI is InChI=1S/C23H25ClN2O4S/c1-3-30-19-7-5-18(6-8-19)26-15-22(23(27)25-12-10-16(2)11-13-25)31(28,29)21-9-4-17(24)14-20(21)26/h4-9,14-16H,3,10-13H2,1-2H3. The Balaban J connectivity index is 1.79. The summed E-state index contributed by atoms with van der Waals surface area (Å²) in [5, 5.41) is 0.415. The molecule has 0 bridgehead atoms. The van der Waals surface area contributed by atoms with Gasteiger partial charge in [0.25, 0.3) is 5.91 Å². The minimum atomic E-state index is -3.97. The van der Waals surface area contributed by atoms with Crippen LogP contribution in [0.15, 0.2) is 58.5 Å². The molecule has 0 atom stereocenters. The average Bonchev–Trinajstić information content (AvgIpc) is 2.75. The molecule has 2 aromatic rings. The van der Waals surface area contributed by atoms with Gasteiger partial charge in [-0.05, 0) is 68.1 Å². The number of amides is 1. The molecule has 0 aliphatic carbocycles. The highest BCUT2D eigenvalue weighted by molar-refractivity contribution is 7.96. The number of halogens is 1. The molecule has 1 saturated heterocycles. The first-order valence-corrected chi connectivity index (χ1v) is 12.2. The molecular formula is C23H25ClN2O4S. The fraction of sp³-hybridized carbons (Fsp3) is 0.348. The van der Waals surface area contributed by atoms with E-state index in [0.717, 1.165) is 12.8 Å². The van der Waals surface area contributed by atoms with E-state index in [-0.39, 0.29) is 9.80 Å². The van der Waals surface area contributed by atoms with Crippen molar-refractivity contribution in [3.63, 3.8) is 0 Å². The van der Waals surface area contributed by atoms with Gasteiger partial charge in [-0.25, -0.2) is 8.42 Å². The van der Waals surface area contributed by atoms with Crippen molar-refractivity contribution in [1.82, 2.24) is 4.90 Å². The number of piperidine rings is 1. The lowest BCUT2D eigenvalue weighted by atomic mass is 9.99. The predicted octanol–water partition coefficient (Wildman–Crippen LogP) is 4.76. The first-order chi connectivity index (χ1) is 14.8. The summed E-state index contributed by atoms with van der Waals surface area (Å²) in [5.41, 5.74) is 1.12. The molecule has 0 aromatic heterocycles. The molecule has 0 N–H and O–H groups in total. The molecule has 0 radical (unpaired) electrons. The molecule has 0 saturated carbocycles. The van der Waals surface area contributed by atoms with E-state index in [4.69, 9.17) is 16.3 Å². The highest BCUT2D eigenvalue weighted by Gasteiger charge is 2.38. The molecule has 2 heterocycles. The van der Waals surface area contributed by atoms with Crippen LogP contribution in [0.4, 0.5) is 11.4 Å². The van der Waals surface area contributed by atoms with Crippen molar-refractivity contribution in [3.8, 4) is 5.75 Å². The number of hydrogen-bond donors (Lipinski definition) is 0. The van der Waals surface area contributed by atoms with Crippen molar-refractivity contribution in [3.05, 3.63) is 58.6 Å². The third kappa shape index (κ3) is 4.16. The normalized spacial score (nSPS) is 18.4. The van der Waals surface area contributed by atoms with Crippen molar-refractivity contribution in [2.24, 2.45) is 5.92 Å². The molecule has 164 valence electrons. The number of nitrogens with zero attached hydrogens (tertiary/aromatic N) is 2. The van der Waals surface area contributed by atoms with Gasteiger partial charge >= 0.3 is 0 Å². The Labute approximate surface area is 188 Å². The van der Waals surface area contributed by atoms with Gasteiger partial charge in [-0.15, -0.1) is 0 Å². The highest BCUT2D eigenvalue weighted by atomic mass is 35.5. The van der Waals surface area contributed by atoms with E-state index >= 15 is 0 Å². The fourth-order valence-corrected chi connectivity index (χ4v) is 5.59. The summed E-state index contributed by atoms with van der Waals surface area (Å²) in [5.74, 6) is 0.789. The number of carbonyl (C=O) groups is 1. The first kappa shape index (κ1) is 21.7. The summed E-state index contributed by atoms with van der Waals surface area (Å²) in [4.78, 5) is 16.5. The molecular weight excluding hydrogens is 436 g/mol. The number of hydrogen-bond acceptors (Lipinski definition) is 5. The van der Waals surface area contributed by atoms with Crippen molar-refractivity contribution in [2.75, 3.05) is 24.6 Å². The van der Waals surface area contributed by atoms with Crippen molar-refractivity contribution >= 4 is 38.7 Å². The van der Waals surface area contributed by atoms with E-state index < -0.39 is 15.7 Å². The Morgan fingerprint density at radius 3 is 2.45 bits per heavy atom. The maximum Gasteiger partial charge on any atom is 0.267 e. The fourth-order valence-electron chi connectivity index (χ4n) is 3.90. The Kier molecular flexibility index (Phi) is 5.99. The molecule has 0 spiro atoms. The summed E-state index contributed by atoms with van der Waals surface area (Å²) in [6.45, 7) is 5.72. The lowest BCUT2D eigenvalue weighted by molar-refractivity contribution is -0.127. The van der Waals surface area contributed by atoms with Crippen LogP contribution in [0.1, 0.15) is 26.7 Å². The van der Waals surface area contributed by atoms with Crippen LogP contribution in [0.5, 0.6) is 5.75 Å². The topological polar surface area (TPSA) is 66.9 Å². The van der Waals surface area contributed by atoms with E-state index in [9.17, 15) is 13.2 Å². The van der Waals surface area contributed by atoms with E-state index in [0.29, 0.717) is 47.8 Å². The van der Waals surface area contributed by atoms with E-state index in [1.54, 1.807) is 15.9 Å². The zero-order valence-electron chi connectivity index (χ0n) is 17.5. The second kappa shape index (κ2) is 8.55. The molecule has 4 rings (SSSR count). The van der Waals surface area contributed by atoms with Gasteiger partial charge in [0, 0.05) is 30.0 Å². The minimum Gasteiger partial charge on any atom is -0.494 e. The Hall–Kier alpha value is -2.51. The smallest absolute Gasteiger partial charge is 0.267 e. The summed E-state index contributed by atoms with van der Waals surface area (Å²) in [6, 6.07) is 11.9. The average molecular weight is 461 g/mol. The molecule has 8 heteroatoms. The minimum absolute atomic E-state index is 0.0713. The predicted molar refractivity (Wildman–Crippen MR) is 121 cm³/mol. The number of fused-ring (bicyclic) bond motifs is 1. The maximum atomic E-state index is 13.4. The van der Waals surface area contributed by atoms with Crippen LogP contribution in [0.25, 0.3) is 0 Å². The quantitative estimate of drug-likeness (QED) is 0.657. The van der Waals surface area contributed by atoms with Gasteiger partial charge < -0.3 is 14.5 Å². The van der Waals surface area contributed by atoms with Gasteiger partial charge in [0.2, 0.25) is 9.84 Å². The molecule has 2 aliphatic heterocycles. The lowest BCUT2D eigenvalue weighted by Gasteiger charge is -2.33.